The molecule has 7 heteroatoms. The van der Waals surface area contributed by atoms with Crippen LogP contribution >= 0.6 is 11.8 Å². The molecule has 31 heavy (non-hydrogen) atoms. The summed E-state index contributed by atoms with van der Waals surface area (Å²) >= 11 is 1.38. The first kappa shape index (κ1) is 22.9. The molecule has 0 saturated carbocycles. The van der Waals surface area contributed by atoms with Crippen LogP contribution in [-0.4, -0.2) is 26.4 Å². The smallest absolute Gasteiger partial charge is 0.234 e. The number of amides is 1. The number of ether oxygens (including phenoxy) is 1. The zero-order chi connectivity index (χ0) is 22.4. The molecule has 0 aliphatic carbocycles. The number of para-hydroxylation sites is 1. The van der Waals surface area contributed by atoms with E-state index in [1.807, 2.05) is 54.8 Å². The van der Waals surface area contributed by atoms with Crippen LogP contribution in [0.15, 0.2) is 47.6 Å². The van der Waals surface area contributed by atoms with Gasteiger partial charge in [-0.2, -0.15) is 0 Å². The number of benzene rings is 2. The van der Waals surface area contributed by atoms with Crippen LogP contribution < -0.4 is 10.1 Å². The normalized spacial score (nSPS) is 11.0. The molecule has 164 valence electrons. The molecule has 1 amide bonds. The van der Waals surface area contributed by atoms with Gasteiger partial charge in [-0.25, -0.2) is 0 Å². The largest absolute Gasteiger partial charge is 0.485 e. The van der Waals surface area contributed by atoms with E-state index in [0.29, 0.717) is 24.2 Å². The first-order valence-electron chi connectivity index (χ1n) is 10.5. The van der Waals surface area contributed by atoms with Crippen molar-refractivity contribution in [3.63, 3.8) is 0 Å². The van der Waals surface area contributed by atoms with Gasteiger partial charge in [0, 0.05) is 12.2 Å². The van der Waals surface area contributed by atoms with Crippen molar-refractivity contribution in [3.8, 4) is 5.75 Å². The predicted molar refractivity (Wildman–Crippen MR) is 126 cm³/mol. The maximum absolute atomic E-state index is 12.5. The van der Waals surface area contributed by atoms with Crippen molar-refractivity contribution < 1.29 is 9.53 Å². The van der Waals surface area contributed by atoms with Gasteiger partial charge in [-0.05, 0) is 49.9 Å². The highest BCUT2D eigenvalue weighted by atomic mass is 32.2. The van der Waals surface area contributed by atoms with Crippen molar-refractivity contribution >= 4 is 23.4 Å². The second kappa shape index (κ2) is 10.5. The molecular weight excluding hydrogens is 408 g/mol. The van der Waals surface area contributed by atoms with Crippen LogP contribution in [0.4, 0.5) is 5.69 Å². The molecule has 1 N–H and O–H groups in total. The third-order valence-corrected chi connectivity index (χ3v) is 5.95. The minimum Gasteiger partial charge on any atom is -0.485 e. The summed E-state index contributed by atoms with van der Waals surface area (Å²) in [5.74, 6) is 2.13. The summed E-state index contributed by atoms with van der Waals surface area (Å²) in [5.41, 5.74) is 4.29. The Morgan fingerprint density at radius 3 is 2.65 bits per heavy atom. The number of anilines is 1. The van der Waals surface area contributed by atoms with E-state index in [9.17, 15) is 4.79 Å². The number of carbonyl (C=O) groups is 1. The number of carbonyl (C=O) groups excluding carboxylic acids is 1. The number of hydrogen-bond acceptors (Lipinski definition) is 5. The second-order valence-electron chi connectivity index (χ2n) is 7.78. The summed E-state index contributed by atoms with van der Waals surface area (Å²) in [6.45, 7) is 11.4. The van der Waals surface area contributed by atoms with Gasteiger partial charge in [0.1, 0.15) is 12.4 Å². The number of nitrogens with zero attached hydrogens (tertiary/aromatic N) is 3. The van der Waals surface area contributed by atoms with Gasteiger partial charge in [0.15, 0.2) is 11.0 Å². The van der Waals surface area contributed by atoms with Crippen LogP contribution in [0.1, 0.15) is 49.2 Å². The van der Waals surface area contributed by atoms with Crippen LogP contribution in [0.25, 0.3) is 0 Å². The first-order valence-corrected chi connectivity index (χ1v) is 11.5. The lowest BCUT2D eigenvalue weighted by molar-refractivity contribution is -0.113. The molecular formula is C24H30N4O2S. The van der Waals surface area contributed by atoms with Gasteiger partial charge in [-0.15, -0.1) is 10.2 Å². The minimum atomic E-state index is -0.0585. The van der Waals surface area contributed by atoms with Crippen LogP contribution in [-0.2, 0) is 17.9 Å². The van der Waals surface area contributed by atoms with Gasteiger partial charge in [-0.3, -0.25) is 4.79 Å². The molecule has 0 fully saturated rings. The predicted octanol–water partition coefficient (Wildman–Crippen LogP) is 5.35. The number of aryl methyl sites for hydroxylation is 2. The molecule has 1 aromatic heterocycles. The lowest BCUT2D eigenvalue weighted by Gasteiger charge is -2.13. The number of thioether (sulfide) groups is 1. The van der Waals surface area contributed by atoms with E-state index >= 15 is 0 Å². The Kier molecular flexibility index (Phi) is 7.74. The van der Waals surface area contributed by atoms with E-state index in [4.69, 9.17) is 4.74 Å². The summed E-state index contributed by atoms with van der Waals surface area (Å²) in [5, 5.41) is 12.3. The van der Waals surface area contributed by atoms with Crippen LogP contribution in [0.3, 0.4) is 0 Å². The molecule has 0 atom stereocenters. The average Bonchev–Trinajstić information content (AvgIpc) is 3.13. The van der Waals surface area contributed by atoms with Crippen molar-refractivity contribution in [1.29, 1.82) is 0 Å². The average molecular weight is 439 g/mol. The van der Waals surface area contributed by atoms with Gasteiger partial charge < -0.3 is 14.6 Å². The van der Waals surface area contributed by atoms with Gasteiger partial charge in [0.05, 0.1) is 5.75 Å². The van der Waals surface area contributed by atoms with Gasteiger partial charge >= 0.3 is 0 Å². The Morgan fingerprint density at radius 2 is 1.94 bits per heavy atom. The van der Waals surface area contributed by atoms with E-state index in [-0.39, 0.29) is 11.7 Å². The van der Waals surface area contributed by atoms with E-state index in [2.05, 4.69) is 42.4 Å². The quantitative estimate of drug-likeness (QED) is 0.456. The lowest BCUT2D eigenvalue weighted by atomic mass is 10.0. The van der Waals surface area contributed by atoms with Gasteiger partial charge in [0.2, 0.25) is 5.91 Å². The number of hydrogen-bond donors (Lipinski definition) is 1. The molecule has 0 bridgehead atoms. The van der Waals surface area contributed by atoms with Crippen LogP contribution in [0, 0.1) is 13.8 Å². The van der Waals surface area contributed by atoms with Crippen molar-refractivity contribution in [2.45, 2.75) is 58.8 Å². The molecule has 3 aromatic rings. The summed E-state index contributed by atoms with van der Waals surface area (Å²) in [7, 11) is 0. The van der Waals surface area contributed by atoms with Crippen molar-refractivity contribution in [2.75, 3.05) is 11.1 Å². The fraction of sp³-hybridized carbons (Fsp3) is 0.375. The molecule has 0 radical (unpaired) electrons. The Bertz CT molecular complexity index is 1050. The summed E-state index contributed by atoms with van der Waals surface area (Å²) in [6.07, 6.45) is 0. The standard InChI is InChI=1S/C24H30N4O2S/c1-6-28-22(14-30-21-12-11-17(4)13-18(21)5)26-27-24(28)31-15-23(29)25-20-10-8-7-9-19(20)16(2)3/h7-13,16H,6,14-15H2,1-5H3,(H,25,29). The molecule has 1 heterocycles. The van der Waals surface area contributed by atoms with Crippen LogP contribution in [0.5, 0.6) is 5.75 Å². The molecule has 0 aliphatic heterocycles. The van der Waals surface area contributed by atoms with E-state index in [0.717, 1.165) is 28.4 Å². The highest BCUT2D eigenvalue weighted by Crippen LogP contribution is 2.25. The Morgan fingerprint density at radius 1 is 1.16 bits per heavy atom. The van der Waals surface area contributed by atoms with Gasteiger partial charge in [0.25, 0.3) is 0 Å². The topological polar surface area (TPSA) is 69.0 Å². The zero-order valence-corrected chi connectivity index (χ0v) is 19.6. The number of nitrogens with one attached hydrogen (secondary N) is 1. The fourth-order valence-electron chi connectivity index (χ4n) is 3.38. The third-order valence-electron chi connectivity index (χ3n) is 4.99. The SMILES string of the molecule is CCn1c(COc2ccc(C)cc2C)nnc1SCC(=O)Nc1ccccc1C(C)C. The maximum atomic E-state index is 12.5. The van der Waals surface area contributed by atoms with E-state index in [1.165, 1.54) is 17.3 Å². The lowest BCUT2D eigenvalue weighted by Crippen LogP contribution is -2.16. The first-order chi connectivity index (χ1) is 14.9. The van der Waals surface area contributed by atoms with Crippen molar-refractivity contribution in [1.82, 2.24) is 14.8 Å². The number of aromatic nitrogens is 3. The second-order valence-corrected chi connectivity index (χ2v) is 8.72. The Labute approximate surface area is 188 Å². The molecule has 0 unspecified atom stereocenters. The summed E-state index contributed by atoms with van der Waals surface area (Å²) < 4.78 is 7.95. The molecule has 0 saturated heterocycles. The summed E-state index contributed by atoms with van der Waals surface area (Å²) in [4.78, 5) is 12.5. The van der Waals surface area contributed by atoms with Crippen molar-refractivity contribution in [3.05, 3.63) is 65.0 Å². The minimum absolute atomic E-state index is 0.0585. The Hall–Kier alpha value is -2.80. The highest BCUT2D eigenvalue weighted by molar-refractivity contribution is 7.99. The molecule has 3 rings (SSSR count). The monoisotopic (exact) mass is 438 g/mol. The van der Waals surface area contributed by atoms with Gasteiger partial charge in [-0.1, -0.05) is 61.5 Å². The number of rotatable bonds is 9. The zero-order valence-electron chi connectivity index (χ0n) is 18.8. The van der Waals surface area contributed by atoms with E-state index < -0.39 is 0 Å². The molecule has 0 spiro atoms. The Balaban J connectivity index is 1.61. The molecule has 0 aliphatic rings. The molecule has 6 nitrogen and oxygen atoms in total. The van der Waals surface area contributed by atoms with Crippen LogP contribution in [0.2, 0.25) is 0 Å². The maximum Gasteiger partial charge on any atom is 0.234 e. The fourth-order valence-corrected chi connectivity index (χ4v) is 4.21. The summed E-state index contributed by atoms with van der Waals surface area (Å²) in [6, 6.07) is 14.0. The highest BCUT2D eigenvalue weighted by Gasteiger charge is 2.15. The molecule has 2 aromatic carbocycles. The third kappa shape index (κ3) is 5.88. The van der Waals surface area contributed by atoms with E-state index in [1.54, 1.807) is 0 Å². The van der Waals surface area contributed by atoms with Crippen molar-refractivity contribution in [2.24, 2.45) is 0 Å².